The third-order valence-corrected chi connectivity index (χ3v) is 5.68. The van der Waals surface area contributed by atoms with E-state index in [9.17, 15) is 21.6 Å². The van der Waals surface area contributed by atoms with Gasteiger partial charge in [0.25, 0.3) is 5.82 Å². The fourth-order valence-corrected chi connectivity index (χ4v) is 3.75. The summed E-state index contributed by atoms with van der Waals surface area (Å²) in [6.07, 6.45) is -3.67. The first-order valence-corrected chi connectivity index (χ1v) is 10.3. The highest BCUT2D eigenvalue weighted by Crippen LogP contribution is 2.32. The van der Waals surface area contributed by atoms with Gasteiger partial charge in [0.15, 0.2) is 15.7 Å². The second-order valence-corrected chi connectivity index (χ2v) is 8.60. The van der Waals surface area contributed by atoms with E-state index in [0.29, 0.717) is 5.69 Å². The second kappa shape index (κ2) is 6.45. The lowest BCUT2D eigenvalue weighted by Crippen LogP contribution is -2.08. The number of nitrogens with zero attached hydrogens (tertiary/aromatic N) is 4. The van der Waals surface area contributed by atoms with E-state index in [2.05, 4.69) is 10.1 Å². The number of alkyl halides is 3. The molecule has 10 heteroatoms. The van der Waals surface area contributed by atoms with Crippen molar-refractivity contribution in [2.45, 2.75) is 11.1 Å². The molecule has 4 aromatic rings. The van der Waals surface area contributed by atoms with Gasteiger partial charge < -0.3 is 4.57 Å². The fraction of sp³-hybridized carbons (Fsp3) is 0.158. The number of aromatic nitrogens is 4. The number of halogens is 3. The third-order valence-electron chi connectivity index (χ3n) is 4.55. The van der Waals surface area contributed by atoms with Gasteiger partial charge in [-0.25, -0.2) is 18.1 Å². The maximum Gasteiger partial charge on any atom is 0.453 e. The zero-order chi connectivity index (χ0) is 21.0. The number of benzene rings is 2. The molecular formula is C19H15F3N4O2S. The van der Waals surface area contributed by atoms with Crippen LogP contribution in [0.5, 0.6) is 0 Å². The Hall–Kier alpha value is -3.14. The van der Waals surface area contributed by atoms with E-state index in [0.717, 1.165) is 21.8 Å². The molecule has 0 aliphatic heterocycles. The van der Waals surface area contributed by atoms with Crippen LogP contribution in [0.1, 0.15) is 5.82 Å². The number of aryl methyl sites for hydroxylation is 1. The Morgan fingerprint density at radius 1 is 1.00 bits per heavy atom. The van der Waals surface area contributed by atoms with Gasteiger partial charge >= 0.3 is 6.18 Å². The molecule has 150 valence electrons. The molecule has 0 unspecified atom stereocenters. The van der Waals surface area contributed by atoms with Crippen molar-refractivity contribution in [2.24, 2.45) is 7.05 Å². The number of hydrogen-bond acceptors (Lipinski definition) is 4. The SMILES string of the molecule is Cn1c(-c2nc(C(F)(F)F)nn2-c2ccc(S(C)(=O)=O)cc2)cc2ccccc21. The standard InChI is InChI=1S/C19H15F3N4O2S/c1-25-15-6-4-3-5-12(15)11-16(25)17-23-18(19(20,21)22)24-26(17)13-7-9-14(10-8-13)29(2,27)28/h3-11H,1-2H3. The Labute approximate surface area is 164 Å². The highest BCUT2D eigenvalue weighted by Gasteiger charge is 2.38. The van der Waals surface area contributed by atoms with Gasteiger partial charge in [-0.05, 0) is 36.4 Å². The lowest BCUT2D eigenvalue weighted by atomic mass is 10.2. The van der Waals surface area contributed by atoms with Crippen LogP contribution >= 0.6 is 0 Å². The molecule has 0 saturated heterocycles. The zero-order valence-corrected chi connectivity index (χ0v) is 16.2. The van der Waals surface area contributed by atoms with Crippen LogP contribution in [0, 0.1) is 0 Å². The average molecular weight is 420 g/mol. The smallest absolute Gasteiger partial charge is 0.341 e. The van der Waals surface area contributed by atoms with Gasteiger partial charge in [-0.15, -0.1) is 5.10 Å². The normalized spacial score (nSPS) is 12.6. The largest absolute Gasteiger partial charge is 0.453 e. The Morgan fingerprint density at radius 3 is 2.24 bits per heavy atom. The maximum atomic E-state index is 13.3. The van der Waals surface area contributed by atoms with Crippen molar-refractivity contribution in [1.29, 1.82) is 0 Å². The molecular weight excluding hydrogens is 405 g/mol. The quantitative estimate of drug-likeness (QED) is 0.505. The number of hydrogen-bond donors (Lipinski definition) is 0. The summed E-state index contributed by atoms with van der Waals surface area (Å²) in [7, 11) is -1.70. The van der Waals surface area contributed by atoms with Gasteiger partial charge in [0, 0.05) is 24.2 Å². The van der Waals surface area contributed by atoms with Crippen LogP contribution in [0.15, 0.2) is 59.5 Å². The summed E-state index contributed by atoms with van der Waals surface area (Å²) in [5, 5.41) is 4.50. The van der Waals surface area contributed by atoms with Crippen molar-refractivity contribution in [2.75, 3.05) is 6.26 Å². The maximum absolute atomic E-state index is 13.3. The molecule has 29 heavy (non-hydrogen) atoms. The van der Waals surface area contributed by atoms with E-state index in [1.807, 2.05) is 24.3 Å². The fourth-order valence-electron chi connectivity index (χ4n) is 3.12. The van der Waals surface area contributed by atoms with Crippen molar-refractivity contribution in [3.05, 3.63) is 60.4 Å². The minimum Gasteiger partial charge on any atom is -0.341 e. The van der Waals surface area contributed by atoms with Crippen LogP contribution < -0.4 is 0 Å². The molecule has 6 nitrogen and oxygen atoms in total. The van der Waals surface area contributed by atoms with Crippen LogP contribution in [0.3, 0.4) is 0 Å². The molecule has 0 radical (unpaired) electrons. The molecule has 0 atom stereocenters. The van der Waals surface area contributed by atoms with Gasteiger partial charge in [-0.3, -0.25) is 0 Å². The first-order chi connectivity index (χ1) is 13.6. The van der Waals surface area contributed by atoms with Gasteiger partial charge in [0.1, 0.15) is 0 Å². The van der Waals surface area contributed by atoms with E-state index >= 15 is 0 Å². The van der Waals surface area contributed by atoms with Crippen molar-refractivity contribution in [3.8, 4) is 17.2 Å². The summed E-state index contributed by atoms with van der Waals surface area (Å²) in [5.41, 5.74) is 1.54. The first kappa shape index (κ1) is 19.2. The van der Waals surface area contributed by atoms with Crippen LogP contribution in [0.25, 0.3) is 28.1 Å². The molecule has 0 spiro atoms. The molecule has 4 rings (SSSR count). The summed E-state index contributed by atoms with van der Waals surface area (Å²) in [5.74, 6) is -1.27. The van der Waals surface area contributed by atoms with Crippen molar-refractivity contribution < 1.29 is 21.6 Å². The number of fused-ring (bicyclic) bond motifs is 1. The molecule has 0 saturated carbocycles. The molecule has 2 heterocycles. The van der Waals surface area contributed by atoms with Crippen molar-refractivity contribution in [1.82, 2.24) is 19.3 Å². The highest BCUT2D eigenvalue weighted by molar-refractivity contribution is 7.90. The van der Waals surface area contributed by atoms with Crippen molar-refractivity contribution in [3.63, 3.8) is 0 Å². The van der Waals surface area contributed by atoms with E-state index in [1.165, 1.54) is 24.3 Å². The minimum absolute atomic E-state index is 0.00290. The molecule has 0 fully saturated rings. The van der Waals surface area contributed by atoms with Crippen LogP contribution in [-0.4, -0.2) is 34.0 Å². The van der Waals surface area contributed by atoms with Crippen LogP contribution in [-0.2, 0) is 23.1 Å². The first-order valence-electron chi connectivity index (χ1n) is 8.45. The number of sulfone groups is 1. The van der Waals surface area contributed by atoms with Crippen LogP contribution in [0.2, 0.25) is 0 Å². The highest BCUT2D eigenvalue weighted by atomic mass is 32.2. The second-order valence-electron chi connectivity index (χ2n) is 6.58. The lowest BCUT2D eigenvalue weighted by Gasteiger charge is -2.08. The van der Waals surface area contributed by atoms with E-state index < -0.39 is 21.8 Å². The number of rotatable bonds is 3. The van der Waals surface area contributed by atoms with Gasteiger partial charge in [0.05, 0.1) is 16.3 Å². The van der Waals surface area contributed by atoms with Crippen molar-refractivity contribution >= 4 is 20.7 Å². The van der Waals surface area contributed by atoms with Gasteiger partial charge in [-0.2, -0.15) is 13.2 Å². The Bertz CT molecular complexity index is 1320. The number of para-hydroxylation sites is 1. The lowest BCUT2D eigenvalue weighted by molar-refractivity contribution is -0.144. The third kappa shape index (κ3) is 3.39. The summed E-state index contributed by atoms with van der Waals surface area (Å²) in [6, 6.07) is 14.6. The Morgan fingerprint density at radius 2 is 1.66 bits per heavy atom. The Kier molecular flexibility index (Phi) is 4.26. The molecule has 2 aromatic heterocycles. The molecule has 0 N–H and O–H groups in total. The van der Waals surface area contributed by atoms with Gasteiger partial charge in [0.2, 0.25) is 0 Å². The predicted octanol–water partition coefficient (Wildman–Crippen LogP) is 3.85. The minimum atomic E-state index is -4.72. The Balaban J connectivity index is 1.94. The van der Waals surface area contributed by atoms with E-state index in [1.54, 1.807) is 17.7 Å². The average Bonchev–Trinajstić information content (AvgIpc) is 3.23. The molecule has 0 aliphatic rings. The molecule has 0 bridgehead atoms. The molecule has 2 aromatic carbocycles. The monoisotopic (exact) mass is 420 g/mol. The topological polar surface area (TPSA) is 69.8 Å². The predicted molar refractivity (Wildman–Crippen MR) is 101 cm³/mol. The van der Waals surface area contributed by atoms with Crippen LogP contribution in [0.4, 0.5) is 13.2 Å². The van der Waals surface area contributed by atoms with E-state index in [4.69, 9.17) is 0 Å². The summed E-state index contributed by atoms with van der Waals surface area (Å²) >= 11 is 0. The van der Waals surface area contributed by atoms with E-state index in [-0.39, 0.29) is 16.4 Å². The summed E-state index contributed by atoms with van der Waals surface area (Å²) < 4.78 is 66.1. The summed E-state index contributed by atoms with van der Waals surface area (Å²) in [4.78, 5) is 3.80. The summed E-state index contributed by atoms with van der Waals surface area (Å²) in [6.45, 7) is 0. The molecule has 0 amide bonds. The zero-order valence-electron chi connectivity index (χ0n) is 15.3. The van der Waals surface area contributed by atoms with Gasteiger partial charge in [-0.1, -0.05) is 18.2 Å². The molecule has 0 aliphatic carbocycles.